The number of thiophene rings is 1. The molecule has 0 atom stereocenters. The van der Waals surface area contributed by atoms with E-state index in [0.29, 0.717) is 26.2 Å². The van der Waals surface area contributed by atoms with E-state index in [0.717, 1.165) is 27.2 Å². The van der Waals surface area contributed by atoms with Crippen molar-refractivity contribution in [3.63, 3.8) is 0 Å². The maximum atomic E-state index is 13.3. The van der Waals surface area contributed by atoms with Crippen molar-refractivity contribution in [2.45, 2.75) is 6.92 Å². The molecule has 0 saturated carbocycles. The highest BCUT2D eigenvalue weighted by molar-refractivity contribution is 7.17. The summed E-state index contributed by atoms with van der Waals surface area (Å²) in [4.78, 5) is 25.1. The Kier molecular flexibility index (Phi) is 4.50. The van der Waals surface area contributed by atoms with E-state index < -0.39 is 0 Å². The number of halogens is 2. The fourth-order valence-electron chi connectivity index (χ4n) is 3.20. The van der Waals surface area contributed by atoms with Gasteiger partial charge in [0.15, 0.2) is 0 Å². The summed E-state index contributed by atoms with van der Waals surface area (Å²) >= 11 is 7.63. The monoisotopic (exact) mass is 390 g/mol. The Labute approximate surface area is 159 Å². The number of fused-ring (bicyclic) bond motifs is 1. The number of benzene rings is 1. The summed E-state index contributed by atoms with van der Waals surface area (Å²) < 4.78 is 13.3. The maximum Gasteiger partial charge on any atom is 0.225 e. The lowest BCUT2D eigenvalue weighted by molar-refractivity contribution is -0.129. The van der Waals surface area contributed by atoms with Crippen LogP contribution in [-0.4, -0.2) is 47.0 Å². The highest BCUT2D eigenvalue weighted by Crippen LogP contribution is 2.39. The van der Waals surface area contributed by atoms with Crippen molar-refractivity contribution in [2.75, 3.05) is 31.1 Å². The molecule has 1 aromatic carbocycles. The molecule has 0 spiro atoms. The average molecular weight is 391 g/mol. The van der Waals surface area contributed by atoms with Crippen molar-refractivity contribution in [1.29, 1.82) is 0 Å². The zero-order chi connectivity index (χ0) is 18.3. The van der Waals surface area contributed by atoms with Gasteiger partial charge in [-0.15, -0.1) is 11.3 Å². The molecule has 1 amide bonds. The summed E-state index contributed by atoms with van der Waals surface area (Å²) in [6, 6.07) is 6.40. The van der Waals surface area contributed by atoms with Crippen molar-refractivity contribution in [3.05, 3.63) is 40.7 Å². The van der Waals surface area contributed by atoms with Crippen LogP contribution < -0.4 is 4.90 Å². The predicted molar refractivity (Wildman–Crippen MR) is 102 cm³/mol. The number of carbonyl (C=O) groups is 1. The molecule has 8 heteroatoms. The first-order chi connectivity index (χ1) is 12.5. The van der Waals surface area contributed by atoms with Gasteiger partial charge in [-0.3, -0.25) is 4.79 Å². The first kappa shape index (κ1) is 17.2. The number of amides is 1. The molecule has 0 unspecified atom stereocenters. The Morgan fingerprint density at radius 1 is 1.15 bits per heavy atom. The summed E-state index contributed by atoms with van der Waals surface area (Å²) in [5, 5.41) is 3.12. The zero-order valence-electron chi connectivity index (χ0n) is 14.1. The van der Waals surface area contributed by atoms with Crippen LogP contribution in [0, 0.1) is 5.82 Å². The fourth-order valence-corrected chi connectivity index (χ4v) is 4.36. The molecule has 26 heavy (non-hydrogen) atoms. The van der Waals surface area contributed by atoms with Crippen LogP contribution in [0.2, 0.25) is 5.28 Å². The van der Waals surface area contributed by atoms with Crippen LogP contribution in [0.4, 0.5) is 10.2 Å². The van der Waals surface area contributed by atoms with Gasteiger partial charge in [0.1, 0.15) is 16.5 Å². The molecule has 134 valence electrons. The van der Waals surface area contributed by atoms with Crippen LogP contribution in [0.15, 0.2) is 29.6 Å². The van der Waals surface area contributed by atoms with E-state index in [1.165, 1.54) is 23.5 Å². The van der Waals surface area contributed by atoms with E-state index in [1.807, 2.05) is 10.3 Å². The van der Waals surface area contributed by atoms with Crippen molar-refractivity contribution in [3.8, 4) is 11.1 Å². The van der Waals surface area contributed by atoms with Crippen LogP contribution in [0.25, 0.3) is 21.3 Å². The normalized spacial score (nSPS) is 14.9. The molecule has 0 aliphatic carbocycles. The highest BCUT2D eigenvalue weighted by atomic mass is 35.5. The van der Waals surface area contributed by atoms with E-state index in [2.05, 4.69) is 14.9 Å². The lowest BCUT2D eigenvalue weighted by Crippen LogP contribution is -2.48. The van der Waals surface area contributed by atoms with Crippen LogP contribution in [0.1, 0.15) is 6.92 Å². The number of nitrogens with zero attached hydrogens (tertiary/aromatic N) is 4. The molecule has 4 rings (SSSR count). The first-order valence-corrected chi connectivity index (χ1v) is 9.50. The minimum absolute atomic E-state index is 0.0815. The maximum absolute atomic E-state index is 13.3. The van der Waals surface area contributed by atoms with Crippen molar-refractivity contribution >= 4 is 44.9 Å². The Morgan fingerprint density at radius 2 is 1.85 bits per heavy atom. The summed E-state index contributed by atoms with van der Waals surface area (Å²) in [5.74, 6) is 0.579. The van der Waals surface area contributed by atoms with Gasteiger partial charge in [0.25, 0.3) is 0 Å². The average Bonchev–Trinajstić information content (AvgIpc) is 3.05. The van der Waals surface area contributed by atoms with Gasteiger partial charge in [-0.25, -0.2) is 9.37 Å². The molecule has 5 nitrogen and oxygen atoms in total. The van der Waals surface area contributed by atoms with Crippen molar-refractivity contribution in [1.82, 2.24) is 14.9 Å². The zero-order valence-corrected chi connectivity index (χ0v) is 15.6. The summed E-state index contributed by atoms with van der Waals surface area (Å²) in [6.45, 7) is 4.24. The molecule has 2 aromatic heterocycles. The van der Waals surface area contributed by atoms with E-state index in [9.17, 15) is 9.18 Å². The topological polar surface area (TPSA) is 49.3 Å². The largest absolute Gasteiger partial charge is 0.352 e. The Balaban J connectivity index is 1.78. The smallest absolute Gasteiger partial charge is 0.225 e. The number of aromatic nitrogens is 2. The first-order valence-electron chi connectivity index (χ1n) is 8.24. The van der Waals surface area contributed by atoms with Gasteiger partial charge in [0.2, 0.25) is 11.2 Å². The van der Waals surface area contributed by atoms with Crippen molar-refractivity contribution < 1.29 is 9.18 Å². The van der Waals surface area contributed by atoms with E-state index >= 15 is 0 Å². The molecular formula is C18H16ClFN4OS. The Morgan fingerprint density at radius 3 is 2.50 bits per heavy atom. The van der Waals surface area contributed by atoms with E-state index in [-0.39, 0.29) is 17.0 Å². The van der Waals surface area contributed by atoms with Crippen LogP contribution in [-0.2, 0) is 4.79 Å². The Bertz CT molecular complexity index is 967. The molecular weight excluding hydrogens is 375 g/mol. The third-order valence-electron chi connectivity index (χ3n) is 4.57. The van der Waals surface area contributed by atoms with E-state index in [4.69, 9.17) is 11.6 Å². The molecule has 1 aliphatic heterocycles. The van der Waals surface area contributed by atoms with Gasteiger partial charge < -0.3 is 9.80 Å². The SMILES string of the molecule is CC(=O)N1CCN(c2nc(Cl)nc3scc(-c4ccc(F)cc4)c23)CC1. The molecule has 3 aromatic rings. The number of rotatable bonds is 2. The molecule has 1 saturated heterocycles. The second-order valence-corrected chi connectivity index (χ2v) is 7.34. The molecule has 1 fully saturated rings. The standard InChI is InChI=1S/C18H16ClFN4OS/c1-11(25)23-6-8-24(9-7-23)16-15-14(12-2-4-13(20)5-3-12)10-26-17(15)22-18(19)21-16/h2-5,10H,6-9H2,1H3. The lowest BCUT2D eigenvalue weighted by Gasteiger charge is -2.35. The number of hydrogen-bond acceptors (Lipinski definition) is 5. The second-order valence-electron chi connectivity index (χ2n) is 6.15. The minimum Gasteiger partial charge on any atom is -0.352 e. The van der Waals surface area contributed by atoms with Gasteiger partial charge in [0, 0.05) is 44.0 Å². The van der Waals surface area contributed by atoms with Gasteiger partial charge in [-0.05, 0) is 29.3 Å². The Hall–Kier alpha value is -2.25. The minimum atomic E-state index is -0.270. The lowest BCUT2D eigenvalue weighted by atomic mass is 10.1. The number of hydrogen-bond donors (Lipinski definition) is 0. The quantitative estimate of drug-likeness (QED) is 0.624. The van der Waals surface area contributed by atoms with Gasteiger partial charge in [0.05, 0.1) is 5.39 Å². The molecule has 0 radical (unpaired) electrons. The number of carbonyl (C=O) groups excluding carboxylic acids is 1. The van der Waals surface area contributed by atoms with Crippen LogP contribution in [0.5, 0.6) is 0 Å². The molecule has 1 aliphatic rings. The highest BCUT2D eigenvalue weighted by Gasteiger charge is 2.24. The molecule has 3 heterocycles. The molecule has 0 N–H and O–H groups in total. The summed E-state index contributed by atoms with van der Waals surface area (Å²) in [5.41, 5.74) is 1.87. The fraction of sp³-hybridized carbons (Fsp3) is 0.278. The third kappa shape index (κ3) is 3.12. The number of anilines is 1. The summed E-state index contributed by atoms with van der Waals surface area (Å²) in [6.07, 6.45) is 0. The third-order valence-corrected chi connectivity index (χ3v) is 5.61. The van der Waals surface area contributed by atoms with Gasteiger partial charge in [-0.2, -0.15) is 4.98 Å². The van der Waals surface area contributed by atoms with Gasteiger partial charge >= 0.3 is 0 Å². The number of piperazine rings is 1. The predicted octanol–water partition coefficient (Wildman–Crippen LogP) is 3.82. The van der Waals surface area contributed by atoms with Crippen molar-refractivity contribution in [2.24, 2.45) is 0 Å². The van der Waals surface area contributed by atoms with Crippen LogP contribution in [0.3, 0.4) is 0 Å². The van der Waals surface area contributed by atoms with E-state index in [1.54, 1.807) is 19.1 Å². The summed E-state index contributed by atoms with van der Waals surface area (Å²) in [7, 11) is 0. The van der Waals surface area contributed by atoms with Crippen LogP contribution >= 0.6 is 22.9 Å². The molecule has 0 bridgehead atoms. The van der Waals surface area contributed by atoms with Gasteiger partial charge in [-0.1, -0.05) is 12.1 Å². The second kappa shape index (κ2) is 6.81.